The second kappa shape index (κ2) is 4.31. The maximum atomic E-state index is 9.40. The molecular formula is C10H21BO. The minimum Gasteiger partial charge on any atom is -0.450 e. The lowest BCUT2D eigenvalue weighted by atomic mass is 9.53. The van der Waals surface area contributed by atoms with Crippen LogP contribution in [-0.2, 0) is 0 Å². The third kappa shape index (κ3) is 2.51. The molecule has 0 aromatic rings. The Balaban J connectivity index is 2.30. The number of rotatable bonds is 2. The molecule has 1 aliphatic carbocycles. The monoisotopic (exact) mass is 168 g/mol. The minimum absolute atomic E-state index is 0.0851. The summed E-state index contributed by atoms with van der Waals surface area (Å²) in [6.07, 6.45) is 5.13. The van der Waals surface area contributed by atoms with E-state index < -0.39 is 0 Å². The first kappa shape index (κ1) is 10.1. The minimum atomic E-state index is -0.0851. The van der Waals surface area contributed by atoms with Crippen LogP contribution in [0.15, 0.2) is 0 Å². The number of hydrogen-bond donors (Lipinski definition) is 1. The van der Waals surface area contributed by atoms with Crippen molar-refractivity contribution in [2.24, 2.45) is 11.8 Å². The average Bonchev–Trinajstić information content (AvgIpc) is 2.04. The van der Waals surface area contributed by atoms with Crippen LogP contribution in [0.4, 0.5) is 0 Å². The highest BCUT2D eigenvalue weighted by Gasteiger charge is 2.27. The molecule has 1 fully saturated rings. The molecule has 0 unspecified atom stereocenters. The Morgan fingerprint density at radius 2 is 1.67 bits per heavy atom. The molecule has 0 atom stereocenters. The number of hydrogen-bond acceptors (Lipinski definition) is 1. The summed E-state index contributed by atoms with van der Waals surface area (Å²) in [6, 6.07) is 0. The van der Waals surface area contributed by atoms with Gasteiger partial charge < -0.3 is 5.02 Å². The van der Waals surface area contributed by atoms with E-state index in [0.29, 0.717) is 5.82 Å². The highest BCUT2D eigenvalue weighted by molar-refractivity contribution is 6.50. The maximum Gasteiger partial charge on any atom is 0.288 e. The lowest BCUT2D eigenvalue weighted by Gasteiger charge is -2.31. The molecule has 0 aromatic heterocycles. The molecule has 0 amide bonds. The van der Waals surface area contributed by atoms with Crippen molar-refractivity contribution in [1.82, 2.24) is 0 Å². The van der Waals surface area contributed by atoms with Gasteiger partial charge in [-0.05, 0) is 17.7 Å². The summed E-state index contributed by atoms with van der Waals surface area (Å²) in [5.41, 5.74) is 0. The largest absolute Gasteiger partial charge is 0.450 e. The van der Waals surface area contributed by atoms with Crippen LogP contribution in [0.5, 0.6) is 0 Å². The van der Waals surface area contributed by atoms with Crippen LogP contribution in [0, 0.1) is 11.8 Å². The van der Waals surface area contributed by atoms with Gasteiger partial charge in [0.25, 0.3) is 6.92 Å². The van der Waals surface area contributed by atoms with E-state index >= 15 is 0 Å². The van der Waals surface area contributed by atoms with Crippen LogP contribution in [0.1, 0.15) is 39.5 Å². The van der Waals surface area contributed by atoms with Gasteiger partial charge in [-0.3, -0.25) is 0 Å². The van der Waals surface area contributed by atoms with Gasteiger partial charge in [-0.1, -0.05) is 46.4 Å². The summed E-state index contributed by atoms with van der Waals surface area (Å²) in [7, 11) is 0. The molecule has 0 aliphatic heterocycles. The molecule has 1 nitrogen and oxygen atoms in total. The molecule has 0 radical (unpaired) electrons. The van der Waals surface area contributed by atoms with Crippen molar-refractivity contribution in [3.8, 4) is 0 Å². The summed E-state index contributed by atoms with van der Waals surface area (Å²) >= 11 is 0. The fourth-order valence-corrected chi connectivity index (χ4v) is 2.29. The second-order valence-electron chi connectivity index (χ2n) is 4.66. The Morgan fingerprint density at radius 1 is 1.17 bits per heavy atom. The van der Waals surface area contributed by atoms with Crippen LogP contribution in [-0.4, -0.2) is 11.9 Å². The lowest BCUT2D eigenvalue weighted by Crippen LogP contribution is -2.24. The summed E-state index contributed by atoms with van der Waals surface area (Å²) in [5, 5.41) is 9.40. The Kier molecular flexibility index (Phi) is 3.63. The lowest BCUT2D eigenvalue weighted by molar-refractivity contribution is 0.271. The smallest absolute Gasteiger partial charge is 0.288 e. The zero-order valence-corrected chi connectivity index (χ0v) is 8.59. The van der Waals surface area contributed by atoms with E-state index in [1.54, 1.807) is 0 Å². The van der Waals surface area contributed by atoms with Crippen molar-refractivity contribution >= 4 is 6.92 Å². The molecule has 0 aromatic carbocycles. The summed E-state index contributed by atoms with van der Waals surface area (Å²) in [4.78, 5) is 0. The first-order chi connectivity index (χ1) is 5.61. The zero-order valence-electron chi connectivity index (χ0n) is 8.59. The van der Waals surface area contributed by atoms with Gasteiger partial charge in [0.1, 0.15) is 0 Å². The van der Waals surface area contributed by atoms with Crippen molar-refractivity contribution in [1.29, 1.82) is 0 Å². The fourth-order valence-electron chi connectivity index (χ4n) is 2.29. The topological polar surface area (TPSA) is 20.2 Å². The quantitative estimate of drug-likeness (QED) is 0.628. The first-order valence-electron chi connectivity index (χ1n) is 5.29. The van der Waals surface area contributed by atoms with Crippen LogP contribution in [0.3, 0.4) is 0 Å². The van der Waals surface area contributed by atoms with E-state index in [2.05, 4.69) is 13.8 Å². The highest BCUT2D eigenvalue weighted by Crippen LogP contribution is 2.37. The van der Waals surface area contributed by atoms with Gasteiger partial charge in [0, 0.05) is 0 Å². The molecule has 70 valence electrons. The SMILES string of the molecule is CB(O)C1CCC(C(C)C)CC1. The fraction of sp³-hybridized carbons (Fsp3) is 1.00. The van der Waals surface area contributed by atoms with Crippen molar-refractivity contribution in [2.75, 3.05) is 0 Å². The molecule has 12 heavy (non-hydrogen) atoms. The van der Waals surface area contributed by atoms with E-state index in [0.717, 1.165) is 11.8 Å². The van der Waals surface area contributed by atoms with Gasteiger partial charge in [-0.15, -0.1) is 0 Å². The van der Waals surface area contributed by atoms with Crippen molar-refractivity contribution < 1.29 is 5.02 Å². The molecule has 2 heteroatoms. The standard InChI is InChI=1S/C10H21BO/c1-8(2)9-4-6-10(7-5-9)11(3)12/h8-10,12H,4-7H2,1-3H3. The molecule has 1 saturated carbocycles. The van der Waals surface area contributed by atoms with Crippen LogP contribution in [0.25, 0.3) is 0 Å². The van der Waals surface area contributed by atoms with Crippen molar-refractivity contribution in [3.05, 3.63) is 0 Å². The third-order valence-electron chi connectivity index (χ3n) is 3.44. The van der Waals surface area contributed by atoms with Gasteiger partial charge in [-0.2, -0.15) is 0 Å². The maximum absolute atomic E-state index is 9.40. The van der Waals surface area contributed by atoms with Crippen LogP contribution < -0.4 is 0 Å². The van der Waals surface area contributed by atoms with E-state index in [9.17, 15) is 5.02 Å². The Labute approximate surface area is 76.7 Å². The Morgan fingerprint density at radius 3 is 2.00 bits per heavy atom. The van der Waals surface area contributed by atoms with Gasteiger partial charge in [0.15, 0.2) is 0 Å². The van der Waals surface area contributed by atoms with Crippen LogP contribution >= 0.6 is 0 Å². The van der Waals surface area contributed by atoms with E-state index in [4.69, 9.17) is 0 Å². The average molecular weight is 168 g/mol. The highest BCUT2D eigenvalue weighted by atomic mass is 16.2. The Hall–Kier alpha value is 0.0249. The van der Waals surface area contributed by atoms with E-state index in [1.165, 1.54) is 25.7 Å². The molecule has 0 heterocycles. The van der Waals surface area contributed by atoms with Crippen LogP contribution in [0.2, 0.25) is 12.6 Å². The molecule has 0 saturated heterocycles. The molecule has 0 bridgehead atoms. The second-order valence-corrected chi connectivity index (χ2v) is 4.66. The van der Waals surface area contributed by atoms with E-state index in [1.807, 2.05) is 6.82 Å². The van der Waals surface area contributed by atoms with E-state index in [-0.39, 0.29) is 6.92 Å². The van der Waals surface area contributed by atoms with Gasteiger partial charge in [0.2, 0.25) is 0 Å². The summed E-state index contributed by atoms with van der Waals surface area (Å²) < 4.78 is 0. The molecular weight excluding hydrogens is 147 g/mol. The first-order valence-corrected chi connectivity index (χ1v) is 5.29. The van der Waals surface area contributed by atoms with Crippen molar-refractivity contribution in [2.45, 2.75) is 52.2 Å². The third-order valence-corrected chi connectivity index (χ3v) is 3.44. The summed E-state index contributed by atoms with van der Waals surface area (Å²) in [5.74, 6) is 2.33. The predicted octanol–water partition coefficient (Wildman–Crippen LogP) is 2.82. The van der Waals surface area contributed by atoms with Crippen molar-refractivity contribution in [3.63, 3.8) is 0 Å². The molecule has 1 N–H and O–H groups in total. The molecule has 1 rings (SSSR count). The molecule has 1 aliphatic rings. The van der Waals surface area contributed by atoms with Gasteiger partial charge in [0.05, 0.1) is 0 Å². The molecule has 0 spiro atoms. The predicted molar refractivity (Wildman–Crippen MR) is 54.4 cm³/mol. The normalized spacial score (nSPS) is 30.8. The Bertz CT molecular complexity index is 110. The summed E-state index contributed by atoms with van der Waals surface area (Å²) in [6.45, 7) is 6.47. The van der Waals surface area contributed by atoms with Gasteiger partial charge >= 0.3 is 0 Å². The van der Waals surface area contributed by atoms with Gasteiger partial charge in [-0.25, -0.2) is 0 Å². The zero-order chi connectivity index (χ0) is 9.14.